The number of carbonyl (C=O) groups excluding carboxylic acids is 1. The standard InChI is InChI=1S/C25H18ClNO4S2/c26-18-9-5-11-20(15-18)31-19-10-4-8-17(12-19)14-22-23(28)27(25(32)33-22)21(24(29)30)13-16-6-2-1-3-7-16/h1-12,14-15,21H,13H2,(H,29,30)/b22-14-/t21-/m0/s1. The first kappa shape index (κ1) is 23.0. The normalized spacial score (nSPS) is 15.7. The molecule has 0 radical (unpaired) electrons. The number of aliphatic carboxylic acids is 1. The third-order valence-electron chi connectivity index (χ3n) is 4.88. The number of carboxylic acids is 1. The van der Waals surface area contributed by atoms with E-state index in [0.717, 1.165) is 22.9 Å². The molecule has 1 heterocycles. The van der Waals surface area contributed by atoms with Crippen LogP contribution in [0.3, 0.4) is 0 Å². The number of amides is 1. The molecule has 4 rings (SSSR count). The number of carboxylic acid groups (broad SMARTS) is 1. The topological polar surface area (TPSA) is 66.8 Å². The number of ether oxygens (including phenoxy) is 1. The number of rotatable bonds is 7. The molecule has 1 amide bonds. The van der Waals surface area contributed by atoms with Crippen LogP contribution < -0.4 is 4.74 Å². The lowest BCUT2D eigenvalue weighted by atomic mass is 10.0. The summed E-state index contributed by atoms with van der Waals surface area (Å²) in [5.41, 5.74) is 1.54. The summed E-state index contributed by atoms with van der Waals surface area (Å²) in [5.74, 6) is -0.354. The summed E-state index contributed by atoms with van der Waals surface area (Å²) >= 11 is 12.5. The molecule has 3 aromatic carbocycles. The van der Waals surface area contributed by atoms with Crippen LogP contribution in [0, 0.1) is 0 Å². The van der Waals surface area contributed by atoms with E-state index in [-0.39, 0.29) is 10.7 Å². The minimum Gasteiger partial charge on any atom is -0.480 e. The average molecular weight is 496 g/mol. The van der Waals surface area contributed by atoms with Crippen molar-refractivity contribution in [1.29, 1.82) is 0 Å². The van der Waals surface area contributed by atoms with Crippen molar-refractivity contribution >= 4 is 57.9 Å². The second-order valence-corrected chi connectivity index (χ2v) is 9.34. The molecule has 3 aromatic rings. The Morgan fingerprint density at radius 3 is 2.45 bits per heavy atom. The van der Waals surface area contributed by atoms with Gasteiger partial charge in [-0.05, 0) is 47.5 Å². The van der Waals surface area contributed by atoms with E-state index < -0.39 is 17.9 Å². The Morgan fingerprint density at radius 1 is 1.06 bits per heavy atom. The number of carbonyl (C=O) groups is 2. The number of benzene rings is 3. The van der Waals surface area contributed by atoms with Gasteiger partial charge in [-0.25, -0.2) is 4.79 Å². The molecule has 5 nitrogen and oxygen atoms in total. The molecule has 1 saturated heterocycles. The fraction of sp³-hybridized carbons (Fsp3) is 0.0800. The number of thiocarbonyl (C=S) groups is 1. The highest BCUT2D eigenvalue weighted by molar-refractivity contribution is 8.26. The maximum atomic E-state index is 13.1. The maximum Gasteiger partial charge on any atom is 0.327 e. The van der Waals surface area contributed by atoms with Crippen molar-refractivity contribution in [2.45, 2.75) is 12.5 Å². The smallest absolute Gasteiger partial charge is 0.327 e. The summed E-state index contributed by atoms with van der Waals surface area (Å²) in [6.45, 7) is 0. The van der Waals surface area contributed by atoms with Crippen molar-refractivity contribution in [1.82, 2.24) is 4.90 Å². The van der Waals surface area contributed by atoms with Gasteiger partial charge in [0.1, 0.15) is 21.9 Å². The molecule has 166 valence electrons. The fourth-order valence-corrected chi connectivity index (χ4v) is 4.90. The average Bonchev–Trinajstić information content (AvgIpc) is 3.05. The lowest BCUT2D eigenvalue weighted by molar-refractivity contribution is -0.145. The Morgan fingerprint density at radius 2 is 1.76 bits per heavy atom. The SMILES string of the molecule is O=C(O)[C@H](Cc1ccccc1)N1C(=O)/C(=C/c2cccc(Oc3cccc(Cl)c3)c2)SC1=S. The lowest BCUT2D eigenvalue weighted by Crippen LogP contribution is -2.45. The molecule has 0 aliphatic carbocycles. The Labute approximate surface area is 205 Å². The van der Waals surface area contributed by atoms with Gasteiger partial charge in [-0.15, -0.1) is 0 Å². The number of nitrogens with zero attached hydrogens (tertiary/aromatic N) is 1. The van der Waals surface area contributed by atoms with Gasteiger partial charge in [0.25, 0.3) is 5.91 Å². The van der Waals surface area contributed by atoms with Crippen LogP contribution in [0.2, 0.25) is 5.02 Å². The van der Waals surface area contributed by atoms with Crippen molar-refractivity contribution in [3.63, 3.8) is 0 Å². The highest BCUT2D eigenvalue weighted by atomic mass is 35.5. The van der Waals surface area contributed by atoms with E-state index in [9.17, 15) is 14.7 Å². The van der Waals surface area contributed by atoms with Crippen LogP contribution in [0.25, 0.3) is 6.08 Å². The molecule has 0 bridgehead atoms. The predicted molar refractivity (Wildman–Crippen MR) is 135 cm³/mol. The van der Waals surface area contributed by atoms with Crippen molar-refractivity contribution in [3.8, 4) is 11.5 Å². The van der Waals surface area contributed by atoms with Crippen molar-refractivity contribution in [3.05, 3.63) is 99.9 Å². The molecule has 1 aliphatic heterocycles. The third kappa shape index (κ3) is 5.63. The number of hydrogen-bond donors (Lipinski definition) is 1. The summed E-state index contributed by atoms with van der Waals surface area (Å²) < 4.78 is 6.07. The zero-order chi connectivity index (χ0) is 23.4. The van der Waals surface area contributed by atoms with Gasteiger partial charge in [-0.1, -0.05) is 84.1 Å². The maximum absolute atomic E-state index is 13.1. The predicted octanol–water partition coefficient (Wildman–Crippen LogP) is 6.03. The van der Waals surface area contributed by atoms with E-state index in [4.69, 9.17) is 28.6 Å². The molecule has 33 heavy (non-hydrogen) atoms. The molecule has 8 heteroatoms. The summed E-state index contributed by atoms with van der Waals surface area (Å²) in [5, 5.41) is 10.4. The van der Waals surface area contributed by atoms with E-state index in [1.165, 1.54) is 4.90 Å². The van der Waals surface area contributed by atoms with Gasteiger partial charge in [-0.3, -0.25) is 9.69 Å². The van der Waals surface area contributed by atoms with Crippen LogP contribution in [0.5, 0.6) is 11.5 Å². The van der Waals surface area contributed by atoms with Crippen LogP contribution in [-0.4, -0.2) is 32.2 Å². The van der Waals surface area contributed by atoms with Gasteiger partial charge in [0.2, 0.25) is 0 Å². The third-order valence-corrected chi connectivity index (χ3v) is 6.45. The van der Waals surface area contributed by atoms with Crippen LogP contribution in [0.15, 0.2) is 83.8 Å². The highest BCUT2D eigenvalue weighted by Gasteiger charge is 2.40. The van der Waals surface area contributed by atoms with Gasteiger partial charge in [-0.2, -0.15) is 0 Å². The molecular weight excluding hydrogens is 478 g/mol. The molecular formula is C25H18ClNO4S2. The molecule has 0 aromatic heterocycles. The summed E-state index contributed by atoms with van der Waals surface area (Å²) in [6, 6.07) is 22.4. The Balaban J connectivity index is 1.55. The number of halogens is 1. The Kier molecular flexibility index (Phi) is 7.13. The van der Waals surface area contributed by atoms with E-state index in [2.05, 4.69) is 0 Å². The summed E-state index contributed by atoms with van der Waals surface area (Å²) in [7, 11) is 0. The number of hydrogen-bond acceptors (Lipinski definition) is 5. The molecule has 1 atom stereocenters. The van der Waals surface area contributed by atoms with E-state index in [1.807, 2.05) is 42.5 Å². The zero-order valence-corrected chi connectivity index (χ0v) is 19.6. The van der Waals surface area contributed by atoms with Crippen molar-refractivity contribution < 1.29 is 19.4 Å². The first-order chi connectivity index (χ1) is 15.9. The molecule has 1 N–H and O–H groups in total. The van der Waals surface area contributed by atoms with Crippen LogP contribution >= 0.6 is 35.6 Å². The second-order valence-electron chi connectivity index (χ2n) is 7.23. The van der Waals surface area contributed by atoms with Crippen LogP contribution in [0.4, 0.5) is 0 Å². The molecule has 1 aliphatic rings. The van der Waals surface area contributed by atoms with Gasteiger partial charge < -0.3 is 9.84 Å². The largest absolute Gasteiger partial charge is 0.480 e. The zero-order valence-electron chi connectivity index (χ0n) is 17.2. The molecule has 0 spiro atoms. The first-order valence-corrected chi connectivity index (χ1v) is 11.6. The Bertz CT molecular complexity index is 1250. The molecule has 0 saturated carbocycles. The van der Waals surface area contributed by atoms with Crippen LogP contribution in [-0.2, 0) is 16.0 Å². The summed E-state index contributed by atoms with van der Waals surface area (Å²) in [6.07, 6.45) is 1.85. The fourth-order valence-electron chi connectivity index (χ4n) is 3.36. The first-order valence-electron chi connectivity index (χ1n) is 9.98. The van der Waals surface area contributed by atoms with Gasteiger partial charge in [0, 0.05) is 11.4 Å². The van der Waals surface area contributed by atoms with Crippen molar-refractivity contribution in [2.75, 3.05) is 0 Å². The van der Waals surface area contributed by atoms with E-state index in [0.29, 0.717) is 21.4 Å². The molecule has 0 unspecified atom stereocenters. The minimum atomic E-state index is -1.10. The van der Waals surface area contributed by atoms with Gasteiger partial charge >= 0.3 is 5.97 Å². The van der Waals surface area contributed by atoms with Crippen LogP contribution in [0.1, 0.15) is 11.1 Å². The number of thioether (sulfide) groups is 1. The Hall–Kier alpha value is -3.13. The van der Waals surface area contributed by atoms with Gasteiger partial charge in [0.05, 0.1) is 4.91 Å². The molecule has 1 fully saturated rings. The monoisotopic (exact) mass is 495 g/mol. The quantitative estimate of drug-likeness (QED) is 0.319. The lowest BCUT2D eigenvalue weighted by Gasteiger charge is -2.23. The minimum absolute atomic E-state index is 0.166. The highest BCUT2D eigenvalue weighted by Crippen LogP contribution is 2.35. The van der Waals surface area contributed by atoms with Gasteiger partial charge in [0.15, 0.2) is 0 Å². The van der Waals surface area contributed by atoms with Crippen molar-refractivity contribution in [2.24, 2.45) is 0 Å². The second kappa shape index (κ2) is 10.2. The summed E-state index contributed by atoms with van der Waals surface area (Å²) in [4.78, 5) is 26.6. The van der Waals surface area contributed by atoms with E-state index >= 15 is 0 Å². The van der Waals surface area contributed by atoms with E-state index in [1.54, 1.807) is 42.5 Å².